The van der Waals surface area contributed by atoms with Gasteiger partial charge in [0.25, 0.3) is 5.56 Å². The highest BCUT2D eigenvalue weighted by molar-refractivity contribution is 7.99. The van der Waals surface area contributed by atoms with Gasteiger partial charge in [-0.15, -0.1) is 11.8 Å². The van der Waals surface area contributed by atoms with Crippen LogP contribution in [0.5, 0.6) is 0 Å². The Morgan fingerprint density at radius 2 is 2.22 bits per heavy atom. The molecule has 0 bridgehead atoms. The molecule has 92 valence electrons. The average Bonchev–Trinajstić information content (AvgIpc) is 2.81. The molecule has 2 N–H and O–H groups in total. The molecule has 1 aliphatic heterocycles. The molecule has 1 aromatic carbocycles. The summed E-state index contributed by atoms with van der Waals surface area (Å²) in [6.45, 7) is 2.02. The van der Waals surface area contributed by atoms with E-state index in [1.807, 2.05) is 31.2 Å². The average molecular weight is 259 g/mol. The predicted octanol–water partition coefficient (Wildman–Crippen LogP) is 2.47. The first-order valence-electron chi connectivity index (χ1n) is 5.83. The molecule has 3 rings (SSSR count). The SMILES string of the molecule is Cc1ccccc1Nc1nc(=O)c2c([nH]1)CCS2. The molecule has 4 nitrogen and oxygen atoms in total. The van der Waals surface area contributed by atoms with Crippen molar-refractivity contribution in [3.05, 3.63) is 45.9 Å². The van der Waals surface area contributed by atoms with E-state index >= 15 is 0 Å². The third-order valence-electron chi connectivity index (χ3n) is 2.95. The van der Waals surface area contributed by atoms with Gasteiger partial charge in [-0.3, -0.25) is 4.79 Å². The molecule has 0 saturated carbocycles. The Labute approximate surface area is 109 Å². The highest BCUT2D eigenvalue weighted by Crippen LogP contribution is 2.27. The lowest BCUT2D eigenvalue weighted by Crippen LogP contribution is -2.14. The van der Waals surface area contributed by atoms with Crippen LogP contribution in [0.15, 0.2) is 34.0 Å². The van der Waals surface area contributed by atoms with E-state index in [0.29, 0.717) is 5.95 Å². The minimum Gasteiger partial charge on any atom is -0.328 e. The van der Waals surface area contributed by atoms with Gasteiger partial charge in [0, 0.05) is 17.1 Å². The van der Waals surface area contributed by atoms with E-state index in [4.69, 9.17) is 0 Å². The number of H-pyrrole nitrogens is 1. The van der Waals surface area contributed by atoms with Crippen LogP contribution in [0.25, 0.3) is 0 Å². The van der Waals surface area contributed by atoms with Crippen LogP contribution in [-0.4, -0.2) is 15.7 Å². The molecule has 0 radical (unpaired) electrons. The van der Waals surface area contributed by atoms with E-state index in [1.165, 1.54) is 0 Å². The van der Waals surface area contributed by atoms with Gasteiger partial charge in [-0.05, 0) is 25.0 Å². The fraction of sp³-hybridized carbons (Fsp3) is 0.231. The predicted molar refractivity (Wildman–Crippen MR) is 73.7 cm³/mol. The first-order valence-corrected chi connectivity index (χ1v) is 6.81. The van der Waals surface area contributed by atoms with Gasteiger partial charge in [0.2, 0.25) is 5.95 Å². The second kappa shape index (κ2) is 4.49. The smallest absolute Gasteiger partial charge is 0.288 e. The highest BCUT2D eigenvalue weighted by Gasteiger charge is 2.17. The lowest BCUT2D eigenvalue weighted by Gasteiger charge is -2.09. The Morgan fingerprint density at radius 1 is 1.39 bits per heavy atom. The van der Waals surface area contributed by atoms with Gasteiger partial charge < -0.3 is 10.3 Å². The van der Waals surface area contributed by atoms with Crippen LogP contribution in [0.2, 0.25) is 0 Å². The van der Waals surface area contributed by atoms with Crippen molar-refractivity contribution in [3.8, 4) is 0 Å². The Bertz CT molecular complexity index is 651. The standard InChI is InChI=1S/C13H13N3OS/c1-8-4-2-3-5-9(8)14-13-15-10-6-7-18-11(10)12(17)16-13/h2-5H,6-7H2,1H3,(H2,14,15,16,17). The van der Waals surface area contributed by atoms with Crippen molar-refractivity contribution >= 4 is 23.4 Å². The van der Waals surface area contributed by atoms with E-state index in [0.717, 1.165) is 34.0 Å². The minimum atomic E-state index is -0.137. The monoisotopic (exact) mass is 259 g/mol. The van der Waals surface area contributed by atoms with Crippen LogP contribution >= 0.6 is 11.8 Å². The zero-order valence-corrected chi connectivity index (χ0v) is 10.8. The summed E-state index contributed by atoms with van der Waals surface area (Å²) in [5.74, 6) is 1.48. The maximum absolute atomic E-state index is 11.8. The quantitative estimate of drug-likeness (QED) is 0.870. The Kier molecular flexibility index (Phi) is 2.83. The summed E-state index contributed by atoms with van der Waals surface area (Å²) in [6.07, 6.45) is 0.903. The van der Waals surface area contributed by atoms with Crippen LogP contribution in [0.3, 0.4) is 0 Å². The number of fused-ring (bicyclic) bond motifs is 1. The van der Waals surface area contributed by atoms with Gasteiger partial charge in [0.15, 0.2) is 0 Å². The third kappa shape index (κ3) is 2.01. The molecule has 0 aliphatic carbocycles. The van der Waals surface area contributed by atoms with Gasteiger partial charge in [0.05, 0.1) is 4.90 Å². The van der Waals surface area contributed by atoms with E-state index in [1.54, 1.807) is 11.8 Å². The number of aryl methyl sites for hydroxylation is 2. The molecule has 0 amide bonds. The zero-order valence-electron chi connectivity index (χ0n) is 9.99. The Balaban J connectivity index is 1.97. The number of hydrogen-bond acceptors (Lipinski definition) is 4. The summed E-state index contributed by atoms with van der Waals surface area (Å²) >= 11 is 1.58. The van der Waals surface area contributed by atoms with Gasteiger partial charge in [0.1, 0.15) is 0 Å². The fourth-order valence-corrected chi connectivity index (χ4v) is 3.00. The normalized spacial score (nSPS) is 13.4. The first kappa shape index (κ1) is 11.3. The second-order valence-corrected chi connectivity index (χ2v) is 5.34. The van der Waals surface area contributed by atoms with Crippen molar-refractivity contribution in [2.75, 3.05) is 11.1 Å². The number of hydrogen-bond donors (Lipinski definition) is 2. The summed E-state index contributed by atoms with van der Waals surface area (Å²) in [7, 11) is 0. The van der Waals surface area contributed by atoms with Gasteiger partial charge in [-0.1, -0.05) is 18.2 Å². The molecule has 18 heavy (non-hydrogen) atoms. The molecule has 1 aromatic heterocycles. The van der Waals surface area contributed by atoms with Crippen molar-refractivity contribution in [1.29, 1.82) is 0 Å². The van der Waals surface area contributed by atoms with Crippen LogP contribution in [0.4, 0.5) is 11.6 Å². The maximum atomic E-state index is 11.8. The second-order valence-electron chi connectivity index (χ2n) is 4.24. The summed E-state index contributed by atoms with van der Waals surface area (Å²) in [5, 5.41) is 3.17. The largest absolute Gasteiger partial charge is 0.328 e. The lowest BCUT2D eigenvalue weighted by atomic mass is 10.2. The maximum Gasteiger partial charge on any atom is 0.288 e. The third-order valence-corrected chi connectivity index (χ3v) is 4.07. The van der Waals surface area contributed by atoms with Crippen LogP contribution < -0.4 is 10.9 Å². The van der Waals surface area contributed by atoms with Crippen LogP contribution in [0, 0.1) is 6.92 Å². The summed E-state index contributed by atoms with van der Waals surface area (Å²) in [5.41, 5.74) is 2.94. The van der Waals surface area contributed by atoms with Crippen LogP contribution in [-0.2, 0) is 6.42 Å². The summed E-state index contributed by atoms with van der Waals surface area (Å²) < 4.78 is 0. The number of aromatic amines is 1. The molecule has 0 atom stereocenters. The summed E-state index contributed by atoms with van der Waals surface area (Å²) in [6, 6.07) is 7.92. The van der Waals surface area contributed by atoms with Crippen molar-refractivity contribution in [2.45, 2.75) is 18.2 Å². The fourth-order valence-electron chi connectivity index (χ4n) is 1.99. The number of thioether (sulfide) groups is 1. The number of benzene rings is 1. The minimum absolute atomic E-state index is 0.137. The van der Waals surface area contributed by atoms with E-state index in [2.05, 4.69) is 15.3 Å². The van der Waals surface area contributed by atoms with Gasteiger partial charge >= 0.3 is 0 Å². The lowest BCUT2D eigenvalue weighted by molar-refractivity contribution is 0.953. The number of rotatable bonds is 2. The van der Waals surface area contributed by atoms with Gasteiger partial charge in [-0.25, -0.2) is 0 Å². The van der Waals surface area contributed by atoms with Crippen molar-refractivity contribution in [1.82, 2.24) is 9.97 Å². The molecule has 1 aliphatic rings. The van der Waals surface area contributed by atoms with Crippen molar-refractivity contribution in [2.24, 2.45) is 0 Å². The van der Waals surface area contributed by atoms with E-state index in [9.17, 15) is 4.79 Å². The van der Waals surface area contributed by atoms with Crippen LogP contribution in [0.1, 0.15) is 11.3 Å². The molecule has 5 heteroatoms. The molecule has 0 unspecified atom stereocenters. The molecule has 2 aromatic rings. The van der Waals surface area contributed by atoms with Crippen molar-refractivity contribution < 1.29 is 0 Å². The van der Waals surface area contributed by atoms with E-state index < -0.39 is 0 Å². The molecule has 2 heterocycles. The number of aromatic nitrogens is 2. The number of para-hydroxylation sites is 1. The Hall–Kier alpha value is -1.75. The van der Waals surface area contributed by atoms with E-state index in [-0.39, 0.29) is 5.56 Å². The number of nitrogens with zero attached hydrogens (tertiary/aromatic N) is 1. The molecular weight excluding hydrogens is 246 g/mol. The molecule has 0 saturated heterocycles. The zero-order chi connectivity index (χ0) is 12.5. The summed E-state index contributed by atoms with van der Waals surface area (Å²) in [4.78, 5) is 19.8. The Morgan fingerprint density at radius 3 is 3.06 bits per heavy atom. The highest BCUT2D eigenvalue weighted by atomic mass is 32.2. The number of anilines is 2. The molecule has 0 spiro atoms. The molecule has 0 fully saturated rings. The topological polar surface area (TPSA) is 57.8 Å². The molecular formula is C13H13N3OS. The number of nitrogens with one attached hydrogen (secondary N) is 2. The van der Waals surface area contributed by atoms with Gasteiger partial charge in [-0.2, -0.15) is 4.98 Å². The van der Waals surface area contributed by atoms with Crippen molar-refractivity contribution in [3.63, 3.8) is 0 Å². The first-order chi connectivity index (χ1) is 8.74.